The van der Waals surface area contributed by atoms with Crippen molar-refractivity contribution in [2.24, 2.45) is 0 Å². The summed E-state index contributed by atoms with van der Waals surface area (Å²) in [6, 6.07) is 5.42. The quantitative estimate of drug-likeness (QED) is 0.820. The van der Waals surface area contributed by atoms with E-state index in [1.54, 1.807) is 6.07 Å². The molecule has 0 saturated heterocycles. The minimum absolute atomic E-state index is 0.346. The molecule has 14 heavy (non-hydrogen) atoms. The number of H-pyrrole nitrogens is 1. The van der Waals surface area contributed by atoms with Gasteiger partial charge in [-0.05, 0) is 40.8 Å². The van der Waals surface area contributed by atoms with Gasteiger partial charge in [-0.3, -0.25) is 9.51 Å². The maximum atomic E-state index is 10.7. The van der Waals surface area contributed by atoms with E-state index in [9.17, 15) is 4.79 Å². The van der Waals surface area contributed by atoms with E-state index in [4.69, 9.17) is 11.6 Å². The van der Waals surface area contributed by atoms with Gasteiger partial charge >= 0.3 is 5.76 Å². The number of nitrogens with zero attached hydrogens (tertiary/aromatic N) is 1. The predicted molar refractivity (Wildman–Crippen MR) is 60.3 cm³/mol. The number of rotatable bonds is 1. The van der Waals surface area contributed by atoms with Crippen LogP contribution in [0.4, 0.5) is 0 Å². The number of aromatic amines is 1. The molecule has 0 aliphatic carbocycles. The van der Waals surface area contributed by atoms with Gasteiger partial charge in [0, 0.05) is 9.13 Å². The third-order valence-corrected chi connectivity index (χ3v) is 2.62. The standard InChI is InChI=1S/C8H4ClIN2O2/c9-6-2-1-4(10)3-5(6)7-11-8(13)14-12-7/h1-3H,(H,11,12,13). The van der Waals surface area contributed by atoms with Crippen molar-refractivity contribution >= 4 is 34.2 Å². The number of aromatic nitrogens is 2. The van der Waals surface area contributed by atoms with E-state index in [2.05, 4.69) is 37.3 Å². The normalized spacial score (nSPS) is 10.4. The maximum Gasteiger partial charge on any atom is 0.439 e. The third-order valence-electron chi connectivity index (χ3n) is 1.62. The van der Waals surface area contributed by atoms with E-state index >= 15 is 0 Å². The highest BCUT2D eigenvalue weighted by atomic mass is 127. The van der Waals surface area contributed by atoms with Gasteiger partial charge in [0.15, 0.2) is 5.82 Å². The topological polar surface area (TPSA) is 58.9 Å². The van der Waals surface area contributed by atoms with Crippen molar-refractivity contribution in [2.75, 3.05) is 0 Å². The van der Waals surface area contributed by atoms with E-state index in [1.807, 2.05) is 12.1 Å². The van der Waals surface area contributed by atoms with Crippen LogP contribution in [0.15, 0.2) is 27.5 Å². The van der Waals surface area contributed by atoms with Gasteiger partial charge in [0.2, 0.25) is 0 Å². The van der Waals surface area contributed by atoms with Gasteiger partial charge in [-0.25, -0.2) is 4.79 Å². The number of halogens is 2. The number of nitrogens with one attached hydrogen (secondary N) is 1. The van der Waals surface area contributed by atoms with Crippen molar-refractivity contribution in [1.29, 1.82) is 0 Å². The molecule has 1 aromatic carbocycles. The summed E-state index contributed by atoms with van der Waals surface area (Å²) < 4.78 is 5.40. The van der Waals surface area contributed by atoms with E-state index in [0.29, 0.717) is 16.4 Å². The molecule has 0 spiro atoms. The largest absolute Gasteiger partial charge is 0.439 e. The Morgan fingerprint density at radius 3 is 2.93 bits per heavy atom. The molecule has 1 aromatic heterocycles. The zero-order valence-electron chi connectivity index (χ0n) is 6.75. The Labute approximate surface area is 97.4 Å². The first-order valence-corrected chi connectivity index (χ1v) is 5.14. The van der Waals surface area contributed by atoms with E-state index in [0.717, 1.165) is 3.57 Å². The van der Waals surface area contributed by atoms with Crippen molar-refractivity contribution in [3.8, 4) is 11.4 Å². The van der Waals surface area contributed by atoms with Gasteiger partial charge in [0.25, 0.3) is 0 Å². The molecule has 0 fully saturated rings. The van der Waals surface area contributed by atoms with E-state index < -0.39 is 5.76 Å². The monoisotopic (exact) mass is 322 g/mol. The van der Waals surface area contributed by atoms with Crippen molar-refractivity contribution in [3.63, 3.8) is 0 Å². The molecule has 1 N–H and O–H groups in total. The zero-order chi connectivity index (χ0) is 10.1. The van der Waals surface area contributed by atoms with Gasteiger partial charge in [0.05, 0.1) is 5.02 Å². The molecule has 2 aromatic rings. The number of hydrogen-bond acceptors (Lipinski definition) is 3. The Hall–Kier alpha value is -0.820. The van der Waals surface area contributed by atoms with Crippen molar-refractivity contribution in [3.05, 3.63) is 37.3 Å². The average molecular weight is 322 g/mol. The van der Waals surface area contributed by atoms with Crippen LogP contribution in [0.2, 0.25) is 5.02 Å². The second-order valence-corrected chi connectivity index (χ2v) is 4.22. The van der Waals surface area contributed by atoms with Crippen molar-refractivity contribution in [2.45, 2.75) is 0 Å². The van der Waals surface area contributed by atoms with Crippen LogP contribution < -0.4 is 5.76 Å². The summed E-state index contributed by atoms with van der Waals surface area (Å²) in [5, 5.41) is 4.08. The minimum Gasteiger partial charge on any atom is -0.296 e. The molecule has 2 rings (SSSR count). The fourth-order valence-electron chi connectivity index (χ4n) is 1.02. The van der Waals surface area contributed by atoms with Crippen LogP contribution in [0.5, 0.6) is 0 Å². The lowest BCUT2D eigenvalue weighted by atomic mass is 10.2. The second kappa shape index (κ2) is 3.74. The van der Waals surface area contributed by atoms with Crippen LogP contribution >= 0.6 is 34.2 Å². The lowest BCUT2D eigenvalue weighted by Gasteiger charge is -1.98. The number of benzene rings is 1. The molecule has 0 bridgehead atoms. The molecule has 6 heteroatoms. The molecule has 0 amide bonds. The molecule has 0 unspecified atom stereocenters. The molecule has 4 nitrogen and oxygen atoms in total. The summed E-state index contributed by atoms with van der Waals surface area (Å²) in [5.74, 6) is -0.242. The van der Waals surface area contributed by atoms with Gasteiger partial charge < -0.3 is 0 Å². The molecular weight excluding hydrogens is 318 g/mol. The lowest BCUT2D eigenvalue weighted by molar-refractivity contribution is 0.388. The van der Waals surface area contributed by atoms with Gasteiger partial charge in [0.1, 0.15) is 0 Å². The molecule has 0 saturated carbocycles. The fraction of sp³-hybridized carbons (Fsp3) is 0. The fourth-order valence-corrected chi connectivity index (χ4v) is 1.72. The highest BCUT2D eigenvalue weighted by Crippen LogP contribution is 2.26. The Morgan fingerprint density at radius 2 is 2.29 bits per heavy atom. The SMILES string of the molecule is O=c1[nH]c(-c2cc(I)ccc2Cl)no1. The highest BCUT2D eigenvalue weighted by molar-refractivity contribution is 14.1. The minimum atomic E-state index is -0.588. The first kappa shape index (κ1) is 9.72. The first-order valence-electron chi connectivity index (χ1n) is 3.68. The van der Waals surface area contributed by atoms with Crippen molar-refractivity contribution in [1.82, 2.24) is 10.1 Å². The Bertz CT molecular complexity index is 520. The molecule has 1 heterocycles. The molecule has 0 radical (unpaired) electrons. The lowest BCUT2D eigenvalue weighted by Crippen LogP contribution is -1.95. The Kier molecular flexibility index (Phi) is 2.60. The Balaban J connectivity index is 2.61. The van der Waals surface area contributed by atoms with Crippen LogP contribution in [0, 0.1) is 3.57 Å². The van der Waals surface area contributed by atoms with Gasteiger partial charge in [-0.2, -0.15) is 0 Å². The van der Waals surface area contributed by atoms with Crippen LogP contribution in [0.3, 0.4) is 0 Å². The zero-order valence-corrected chi connectivity index (χ0v) is 9.67. The molecule has 0 aliphatic rings. The summed E-state index contributed by atoms with van der Waals surface area (Å²) in [6.45, 7) is 0. The molecule has 0 atom stereocenters. The van der Waals surface area contributed by atoms with Crippen molar-refractivity contribution < 1.29 is 4.52 Å². The third kappa shape index (κ3) is 1.83. The second-order valence-electron chi connectivity index (χ2n) is 2.57. The first-order chi connectivity index (χ1) is 6.66. The van der Waals surface area contributed by atoms with Crippen LogP contribution in [-0.4, -0.2) is 10.1 Å². The van der Waals surface area contributed by atoms with Gasteiger partial charge in [-0.1, -0.05) is 16.8 Å². The molecular formula is C8H4ClIN2O2. The highest BCUT2D eigenvalue weighted by Gasteiger charge is 2.08. The maximum absolute atomic E-state index is 10.7. The van der Waals surface area contributed by atoms with Crippen LogP contribution in [0.1, 0.15) is 0 Å². The Morgan fingerprint density at radius 1 is 1.50 bits per heavy atom. The average Bonchev–Trinajstić information content (AvgIpc) is 2.56. The van der Waals surface area contributed by atoms with Gasteiger partial charge in [-0.15, -0.1) is 0 Å². The molecule has 0 aliphatic heterocycles. The summed E-state index contributed by atoms with van der Waals surface area (Å²) in [4.78, 5) is 13.2. The summed E-state index contributed by atoms with van der Waals surface area (Å²) in [7, 11) is 0. The van der Waals surface area contributed by atoms with Crippen LogP contribution in [0.25, 0.3) is 11.4 Å². The summed E-state index contributed by atoms with van der Waals surface area (Å²) in [6.07, 6.45) is 0. The summed E-state index contributed by atoms with van der Waals surface area (Å²) >= 11 is 8.08. The summed E-state index contributed by atoms with van der Waals surface area (Å²) in [5.41, 5.74) is 0.657. The predicted octanol–water partition coefficient (Wildman–Crippen LogP) is 2.29. The van der Waals surface area contributed by atoms with E-state index in [1.165, 1.54) is 0 Å². The number of hydrogen-bond donors (Lipinski definition) is 1. The van der Waals surface area contributed by atoms with E-state index in [-0.39, 0.29) is 0 Å². The molecule has 72 valence electrons. The van der Waals surface area contributed by atoms with Crippen LogP contribution in [-0.2, 0) is 0 Å². The smallest absolute Gasteiger partial charge is 0.296 e.